The first-order valence-corrected chi connectivity index (χ1v) is 8.44. The molecular weight excluding hydrogens is 246 g/mol. The number of nitrogens with zero attached hydrogens (tertiary/aromatic N) is 1. The molecule has 1 heterocycles. The third-order valence-corrected chi connectivity index (χ3v) is 6.28. The highest BCUT2D eigenvalue weighted by molar-refractivity contribution is 5.33. The highest BCUT2D eigenvalue weighted by Crippen LogP contribution is 2.60. The molecule has 0 atom stereocenters. The number of nitrogens with one attached hydrogen (secondary N) is 1. The van der Waals surface area contributed by atoms with Gasteiger partial charge < -0.3 is 5.73 Å². The second-order valence-corrected chi connectivity index (χ2v) is 7.77. The van der Waals surface area contributed by atoms with Gasteiger partial charge in [-0.1, -0.05) is 0 Å². The topological polar surface area (TPSA) is 54.7 Å². The monoisotopic (exact) mass is 273 g/mol. The third kappa shape index (κ3) is 1.86. The van der Waals surface area contributed by atoms with Gasteiger partial charge in [-0.05, 0) is 88.2 Å². The highest BCUT2D eigenvalue weighted by atomic mass is 15.1. The molecule has 4 bridgehead atoms. The minimum Gasteiger partial charge on any atom is -0.330 e. The predicted octanol–water partition coefficient (Wildman–Crippen LogP) is 3.08. The Morgan fingerprint density at radius 1 is 1.15 bits per heavy atom. The lowest BCUT2D eigenvalue weighted by Gasteiger charge is -2.56. The zero-order valence-corrected chi connectivity index (χ0v) is 12.6. The van der Waals surface area contributed by atoms with Crippen molar-refractivity contribution in [3.63, 3.8) is 0 Å². The van der Waals surface area contributed by atoms with Crippen LogP contribution in [-0.4, -0.2) is 16.7 Å². The number of hydrogen-bond acceptors (Lipinski definition) is 2. The van der Waals surface area contributed by atoms with Crippen LogP contribution < -0.4 is 5.73 Å². The van der Waals surface area contributed by atoms with Gasteiger partial charge in [0.1, 0.15) is 0 Å². The maximum atomic E-state index is 5.65. The maximum Gasteiger partial charge on any atom is 0.0716 e. The molecule has 3 N–H and O–H groups in total. The van der Waals surface area contributed by atoms with Crippen molar-refractivity contribution in [2.75, 3.05) is 6.54 Å². The molecule has 4 aliphatic rings. The summed E-state index contributed by atoms with van der Waals surface area (Å²) < 4.78 is 0. The SMILES string of the molecule is Cc1c(C23CC4CC(CC(C4)C2)C3)n[nH]c1CCCN. The quantitative estimate of drug-likeness (QED) is 0.885. The number of aromatic nitrogens is 2. The van der Waals surface area contributed by atoms with Gasteiger partial charge in [0.05, 0.1) is 5.69 Å². The van der Waals surface area contributed by atoms with Crippen LogP contribution in [0.3, 0.4) is 0 Å². The molecule has 1 aromatic rings. The number of nitrogens with two attached hydrogens (primary N) is 1. The van der Waals surface area contributed by atoms with Crippen LogP contribution in [0.15, 0.2) is 0 Å². The van der Waals surface area contributed by atoms with Gasteiger partial charge in [0, 0.05) is 11.1 Å². The number of aromatic amines is 1. The molecule has 4 saturated carbocycles. The zero-order valence-electron chi connectivity index (χ0n) is 12.6. The van der Waals surface area contributed by atoms with Crippen molar-refractivity contribution in [2.24, 2.45) is 23.5 Å². The summed E-state index contributed by atoms with van der Waals surface area (Å²) in [5.74, 6) is 2.97. The smallest absolute Gasteiger partial charge is 0.0716 e. The first kappa shape index (κ1) is 12.9. The van der Waals surface area contributed by atoms with Crippen LogP contribution in [0, 0.1) is 24.7 Å². The minimum absolute atomic E-state index is 0.427. The van der Waals surface area contributed by atoms with Crippen molar-refractivity contribution >= 4 is 0 Å². The molecule has 0 spiro atoms. The van der Waals surface area contributed by atoms with E-state index < -0.39 is 0 Å². The second-order valence-electron chi connectivity index (χ2n) is 7.77. The van der Waals surface area contributed by atoms with Crippen LogP contribution >= 0.6 is 0 Å². The van der Waals surface area contributed by atoms with Crippen molar-refractivity contribution in [1.29, 1.82) is 0 Å². The predicted molar refractivity (Wildman–Crippen MR) is 80.6 cm³/mol. The number of aryl methyl sites for hydroxylation is 1. The summed E-state index contributed by atoms with van der Waals surface area (Å²) in [6.07, 6.45) is 10.8. The normalized spacial score (nSPS) is 38.6. The number of hydrogen-bond donors (Lipinski definition) is 2. The minimum atomic E-state index is 0.427. The third-order valence-electron chi connectivity index (χ3n) is 6.28. The van der Waals surface area contributed by atoms with E-state index >= 15 is 0 Å². The molecule has 1 aromatic heterocycles. The summed E-state index contributed by atoms with van der Waals surface area (Å²) in [6.45, 7) is 3.05. The summed E-state index contributed by atoms with van der Waals surface area (Å²) in [6, 6.07) is 0. The van der Waals surface area contributed by atoms with Crippen molar-refractivity contribution in [3.05, 3.63) is 17.0 Å². The molecule has 0 aromatic carbocycles. The molecule has 20 heavy (non-hydrogen) atoms. The molecule has 110 valence electrons. The molecule has 0 aliphatic heterocycles. The van der Waals surface area contributed by atoms with Crippen LogP contribution in [0.25, 0.3) is 0 Å². The van der Waals surface area contributed by atoms with Crippen molar-refractivity contribution in [2.45, 2.75) is 63.7 Å². The Balaban J connectivity index is 1.65. The molecular formula is C17H27N3. The molecule has 0 radical (unpaired) electrons. The highest BCUT2D eigenvalue weighted by Gasteiger charge is 2.53. The largest absolute Gasteiger partial charge is 0.330 e. The number of rotatable bonds is 4. The summed E-state index contributed by atoms with van der Waals surface area (Å²) in [5, 5.41) is 8.12. The number of H-pyrrole nitrogens is 1. The van der Waals surface area contributed by atoms with Crippen LogP contribution in [0.2, 0.25) is 0 Å². The van der Waals surface area contributed by atoms with E-state index in [9.17, 15) is 0 Å². The van der Waals surface area contributed by atoms with Crippen LogP contribution in [0.1, 0.15) is 61.9 Å². The average molecular weight is 273 g/mol. The van der Waals surface area contributed by atoms with Crippen LogP contribution in [0.5, 0.6) is 0 Å². The van der Waals surface area contributed by atoms with E-state index in [1.807, 2.05) is 0 Å². The molecule has 4 fully saturated rings. The first-order valence-electron chi connectivity index (χ1n) is 8.44. The van der Waals surface area contributed by atoms with Crippen LogP contribution in [0.4, 0.5) is 0 Å². The fourth-order valence-corrected chi connectivity index (χ4v) is 5.87. The van der Waals surface area contributed by atoms with Gasteiger partial charge in [-0.2, -0.15) is 5.10 Å². The standard InChI is InChI=1S/C17H27N3/c1-11-15(3-2-4-18)19-20-16(11)17-8-12-5-13(9-17)7-14(6-12)10-17/h12-14H,2-10,18H2,1H3,(H,19,20). The van der Waals surface area contributed by atoms with E-state index in [0.717, 1.165) is 37.1 Å². The lowest BCUT2D eigenvalue weighted by atomic mass is 9.48. The fraction of sp³-hybridized carbons (Fsp3) is 0.824. The van der Waals surface area contributed by atoms with Gasteiger partial charge in [-0.15, -0.1) is 0 Å². The van der Waals surface area contributed by atoms with E-state index in [4.69, 9.17) is 10.8 Å². The summed E-state index contributed by atoms with van der Waals surface area (Å²) in [7, 11) is 0. The molecule has 0 amide bonds. The van der Waals surface area contributed by atoms with Gasteiger partial charge in [-0.3, -0.25) is 5.10 Å². The summed E-state index contributed by atoms with van der Waals surface area (Å²) >= 11 is 0. The Morgan fingerprint density at radius 3 is 2.30 bits per heavy atom. The van der Waals surface area contributed by atoms with E-state index in [-0.39, 0.29) is 0 Å². The lowest BCUT2D eigenvalue weighted by Crippen LogP contribution is -2.49. The summed E-state index contributed by atoms with van der Waals surface area (Å²) in [5.41, 5.74) is 10.3. The summed E-state index contributed by atoms with van der Waals surface area (Å²) in [4.78, 5) is 0. The average Bonchev–Trinajstić information content (AvgIpc) is 2.77. The first-order chi connectivity index (χ1) is 9.70. The van der Waals surface area contributed by atoms with E-state index in [0.29, 0.717) is 5.41 Å². The molecule has 3 nitrogen and oxygen atoms in total. The Kier molecular flexibility index (Phi) is 2.95. The van der Waals surface area contributed by atoms with E-state index in [2.05, 4.69) is 12.0 Å². The van der Waals surface area contributed by atoms with Gasteiger partial charge >= 0.3 is 0 Å². The van der Waals surface area contributed by atoms with Gasteiger partial charge in [0.25, 0.3) is 0 Å². The lowest BCUT2D eigenvalue weighted by molar-refractivity contribution is -0.00749. The van der Waals surface area contributed by atoms with Crippen molar-refractivity contribution < 1.29 is 0 Å². The maximum absolute atomic E-state index is 5.65. The zero-order chi connectivity index (χ0) is 13.7. The van der Waals surface area contributed by atoms with Crippen LogP contribution in [-0.2, 0) is 11.8 Å². The molecule has 5 rings (SSSR count). The Bertz CT molecular complexity index is 467. The van der Waals surface area contributed by atoms with Crippen molar-refractivity contribution in [1.82, 2.24) is 10.2 Å². The fourth-order valence-electron chi connectivity index (χ4n) is 5.87. The van der Waals surface area contributed by atoms with Gasteiger partial charge in [-0.25, -0.2) is 0 Å². The van der Waals surface area contributed by atoms with E-state index in [1.165, 1.54) is 55.5 Å². The Labute approximate surface area is 121 Å². The second kappa shape index (κ2) is 4.59. The van der Waals surface area contributed by atoms with Crippen molar-refractivity contribution in [3.8, 4) is 0 Å². The molecule has 0 saturated heterocycles. The van der Waals surface area contributed by atoms with Gasteiger partial charge in [0.15, 0.2) is 0 Å². The molecule has 4 aliphatic carbocycles. The Hall–Kier alpha value is -0.830. The van der Waals surface area contributed by atoms with Gasteiger partial charge in [0.2, 0.25) is 0 Å². The van der Waals surface area contributed by atoms with E-state index in [1.54, 1.807) is 0 Å². The Morgan fingerprint density at radius 2 is 1.75 bits per heavy atom. The molecule has 3 heteroatoms. The molecule has 0 unspecified atom stereocenters.